The maximum Gasteiger partial charge on any atom is 0.307 e. The average Bonchev–Trinajstić information content (AvgIpc) is 2.37. The van der Waals surface area contributed by atoms with Gasteiger partial charge in [-0.15, -0.1) is 0 Å². The summed E-state index contributed by atoms with van der Waals surface area (Å²) in [7, 11) is 1.32. The van der Waals surface area contributed by atoms with Gasteiger partial charge in [-0.25, -0.2) is 0 Å². The fraction of sp³-hybridized carbons (Fsp3) is 0.286. The van der Waals surface area contributed by atoms with E-state index in [1.165, 1.54) is 13.2 Å². The van der Waals surface area contributed by atoms with E-state index in [9.17, 15) is 9.59 Å². The molecule has 0 atom stereocenters. The number of rotatable bonds is 5. The van der Waals surface area contributed by atoms with Crippen molar-refractivity contribution >= 4 is 33.9 Å². The number of benzene rings is 1. The Morgan fingerprint density at radius 2 is 2.16 bits per heavy atom. The first-order valence-corrected chi connectivity index (χ1v) is 6.61. The summed E-state index contributed by atoms with van der Waals surface area (Å²) in [5.74, 6) is -0.582. The molecule has 0 spiro atoms. The number of aryl methyl sites for hydroxylation is 1. The van der Waals surface area contributed by atoms with Gasteiger partial charge in [0.25, 0.3) is 0 Å². The number of hydrogen-bond acceptors (Lipinski definition) is 3. The number of amides is 1. The fourth-order valence-corrected chi connectivity index (χ4v) is 2.01. The van der Waals surface area contributed by atoms with Gasteiger partial charge in [-0.2, -0.15) is 0 Å². The highest BCUT2D eigenvalue weighted by atomic mass is 79.9. The van der Waals surface area contributed by atoms with Gasteiger partial charge in [0, 0.05) is 17.1 Å². The second kappa shape index (κ2) is 7.74. The van der Waals surface area contributed by atoms with Crippen molar-refractivity contribution in [3.8, 4) is 0 Å². The number of ether oxygens (including phenoxy) is 1. The Bertz CT molecular complexity index is 497. The van der Waals surface area contributed by atoms with Crippen LogP contribution in [0.3, 0.4) is 0 Å². The largest absolute Gasteiger partial charge is 0.469 e. The molecule has 0 aliphatic rings. The van der Waals surface area contributed by atoms with E-state index in [2.05, 4.69) is 26.0 Å². The van der Waals surface area contributed by atoms with Crippen LogP contribution in [0.5, 0.6) is 0 Å². The van der Waals surface area contributed by atoms with E-state index in [-0.39, 0.29) is 24.8 Å². The van der Waals surface area contributed by atoms with E-state index in [0.717, 1.165) is 15.6 Å². The number of carbonyl (C=O) groups excluding carboxylic acids is 2. The lowest BCUT2D eigenvalue weighted by Gasteiger charge is -2.02. The molecule has 0 saturated carbocycles. The lowest BCUT2D eigenvalue weighted by molar-refractivity contribution is -0.140. The van der Waals surface area contributed by atoms with Gasteiger partial charge < -0.3 is 10.1 Å². The Hall–Kier alpha value is -1.62. The number of hydrogen-bond donors (Lipinski definition) is 1. The molecule has 1 rings (SSSR count). The maximum atomic E-state index is 11.5. The second-order valence-electron chi connectivity index (χ2n) is 3.98. The van der Waals surface area contributed by atoms with Gasteiger partial charge in [0.15, 0.2) is 0 Å². The predicted molar refractivity (Wildman–Crippen MR) is 77.6 cm³/mol. The first-order chi connectivity index (χ1) is 9.02. The summed E-state index contributed by atoms with van der Waals surface area (Å²) < 4.78 is 5.41. The van der Waals surface area contributed by atoms with Crippen molar-refractivity contribution < 1.29 is 14.3 Å². The summed E-state index contributed by atoms with van der Waals surface area (Å²) in [6, 6.07) is 5.88. The monoisotopic (exact) mass is 325 g/mol. The minimum Gasteiger partial charge on any atom is -0.469 e. The number of halogens is 1. The molecule has 0 unspecified atom stereocenters. The van der Waals surface area contributed by atoms with Crippen LogP contribution in [0, 0.1) is 6.92 Å². The van der Waals surface area contributed by atoms with Crippen molar-refractivity contribution in [2.24, 2.45) is 0 Å². The van der Waals surface area contributed by atoms with Crippen molar-refractivity contribution in [2.45, 2.75) is 13.3 Å². The number of methoxy groups -OCH3 is 1. The third-order valence-electron chi connectivity index (χ3n) is 2.43. The molecule has 1 aromatic rings. The van der Waals surface area contributed by atoms with Crippen LogP contribution >= 0.6 is 15.9 Å². The van der Waals surface area contributed by atoms with Crippen LogP contribution < -0.4 is 5.32 Å². The first-order valence-electron chi connectivity index (χ1n) is 5.82. The molecule has 0 fully saturated rings. The molecule has 5 heteroatoms. The Kier molecular flexibility index (Phi) is 6.29. The molecule has 102 valence electrons. The average molecular weight is 326 g/mol. The summed E-state index contributed by atoms with van der Waals surface area (Å²) in [6.45, 7) is 2.27. The van der Waals surface area contributed by atoms with Crippen LogP contribution in [-0.2, 0) is 14.3 Å². The van der Waals surface area contributed by atoms with Gasteiger partial charge in [-0.3, -0.25) is 9.59 Å². The molecule has 0 bridgehead atoms. The van der Waals surface area contributed by atoms with Crippen LogP contribution in [0.25, 0.3) is 6.08 Å². The smallest absolute Gasteiger partial charge is 0.307 e. The molecule has 1 amide bonds. The maximum absolute atomic E-state index is 11.5. The van der Waals surface area contributed by atoms with Gasteiger partial charge in [0.05, 0.1) is 13.5 Å². The zero-order valence-electron chi connectivity index (χ0n) is 10.9. The molecule has 0 radical (unpaired) electrons. The third-order valence-corrected chi connectivity index (χ3v) is 3.11. The second-order valence-corrected chi connectivity index (χ2v) is 4.83. The van der Waals surface area contributed by atoms with Crippen molar-refractivity contribution in [2.75, 3.05) is 13.7 Å². The first kappa shape index (κ1) is 15.4. The third kappa shape index (κ3) is 5.70. The standard InChI is InChI=1S/C14H16BrNO3/c1-10-3-4-11(12(15)9-10)5-6-13(17)16-8-7-14(18)19-2/h3-6,9H,7-8H2,1-2H3,(H,16,17). The van der Waals surface area contributed by atoms with Crippen molar-refractivity contribution in [1.29, 1.82) is 0 Å². The van der Waals surface area contributed by atoms with E-state index in [4.69, 9.17) is 0 Å². The van der Waals surface area contributed by atoms with Gasteiger partial charge in [-0.1, -0.05) is 28.1 Å². The van der Waals surface area contributed by atoms with Crippen molar-refractivity contribution in [3.63, 3.8) is 0 Å². The minimum atomic E-state index is -0.342. The molecule has 4 nitrogen and oxygen atoms in total. The molecule has 1 N–H and O–H groups in total. The minimum absolute atomic E-state index is 0.171. The number of nitrogens with one attached hydrogen (secondary N) is 1. The van der Waals surface area contributed by atoms with Crippen molar-refractivity contribution in [3.05, 3.63) is 39.9 Å². The lowest BCUT2D eigenvalue weighted by Crippen LogP contribution is -2.24. The van der Waals surface area contributed by atoms with E-state index in [1.54, 1.807) is 6.08 Å². The Morgan fingerprint density at radius 1 is 1.42 bits per heavy atom. The molecule has 0 aliphatic heterocycles. The molecular weight excluding hydrogens is 310 g/mol. The van der Waals surface area contributed by atoms with Gasteiger partial charge >= 0.3 is 5.97 Å². The molecule has 1 aromatic carbocycles. The Labute approximate surface area is 121 Å². The highest BCUT2D eigenvalue weighted by Gasteiger charge is 2.01. The van der Waals surface area contributed by atoms with E-state index in [0.29, 0.717) is 0 Å². The number of carbonyl (C=O) groups is 2. The van der Waals surface area contributed by atoms with Gasteiger partial charge in [0.1, 0.15) is 0 Å². The summed E-state index contributed by atoms with van der Waals surface area (Å²) >= 11 is 3.43. The summed E-state index contributed by atoms with van der Waals surface area (Å²) in [5, 5.41) is 2.61. The molecular formula is C14H16BrNO3. The zero-order chi connectivity index (χ0) is 14.3. The van der Waals surface area contributed by atoms with Gasteiger partial charge in [0.2, 0.25) is 5.91 Å². The van der Waals surface area contributed by atoms with Gasteiger partial charge in [-0.05, 0) is 30.2 Å². The van der Waals surface area contributed by atoms with Crippen LogP contribution in [-0.4, -0.2) is 25.5 Å². The normalized spacial score (nSPS) is 10.5. The quantitative estimate of drug-likeness (QED) is 0.668. The summed E-state index contributed by atoms with van der Waals surface area (Å²) in [6.07, 6.45) is 3.33. The Balaban J connectivity index is 2.47. The zero-order valence-corrected chi connectivity index (χ0v) is 12.5. The fourth-order valence-electron chi connectivity index (χ4n) is 1.38. The highest BCUT2D eigenvalue weighted by Crippen LogP contribution is 2.19. The highest BCUT2D eigenvalue weighted by molar-refractivity contribution is 9.10. The molecule has 0 saturated heterocycles. The summed E-state index contributed by atoms with van der Waals surface area (Å²) in [4.78, 5) is 22.4. The van der Waals surface area contributed by atoms with Crippen LogP contribution in [0.2, 0.25) is 0 Å². The van der Waals surface area contributed by atoms with Crippen molar-refractivity contribution in [1.82, 2.24) is 5.32 Å². The topological polar surface area (TPSA) is 55.4 Å². The molecule has 19 heavy (non-hydrogen) atoms. The predicted octanol–water partition coefficient (Wildman–Crippen LogP) is 2.45. The van der Waals surface area contributed by atoms with Crippen LogP contribution in [0.1, 0.15) is 17.5 Å². The summed E-state index contributed by atoms with van der Waals surface area (Å²) in [5.41, 5.74) is 2.07. The Morgan fingerprint density at radius 3 is 2.79 bits per heavy atom. The molecule has 0 aliphatic carbocycles. The van der Waals surface area contributed by atoms with E-state index >= 15 is 0 Å². The van der Waals surface area contributed by atoms with Crippen LogP contribution in [0.15, 0.2) is 28.7 Å². The number of esters is 1. The lowest BCUT2D eigenvalue weighted by atomic mass is 10.1. The SMILES string of the molecule is COC(=O)CCNC(=O)C=Cc1ccc(C)cc1Br. The molecule has 0 heterocycles. The van der Waals surface area contributed by atoms with Crippen LogP contribution in [0.4, 0.5) is 0 Å². The van der Waals surface area contributed by atoms with E-state index in [1.807, 2.05) is 25.1 Å². The van der Waals surface area contributed by atoms with E-state index < -0.39 is 0 Å². The molecule has 0 aromatic heterocycles.